The summed E-state index contributed by atoms with van der Waals surface area (Å²) in [6, 6.07) is 1.13. The van der Waals surface area contributed by atoms with Crippen molar-refractivity contribution in [3.05, 3.63) is 0 Å². The minimum Gasteiger partial charge on any atom is -0.380 e. The van der Waals surface area contributed by atoms with Crippen LogP contribution in [0.25, 0.3) is 0 Å². The molecule has 0 amide bonds. The Hall–Kier alpha value is -0.120. The van der Waals surface area contributed by atoms with E-state index in [9.17, 15) is 0 Å². The summed E-state index contributed by atoms with van der Waals surface area (Å²) in [4.78, 5) is 2.45. The molecule has 0 aromatic heterocycles. The van der Waals surface area contributed by atoms with Crippen LogP contribution in [0.4, 0.5) is 0 Å². The van der Waals surface area contributed by atoms with Crippen LogP contribution in [0.5, 0.6) is 0 Å². The van der Waals surface area contributed by atoms with Crippen molar-refractivity contribution in [3.8, 4) is 0 Å². The van der Waals surface area contributed by atoms with E-state index in [2.05, 4.69) is 38.2 Å². The molecule has 1 N–H and O–H groups in total. The van der Waals surface area contributed by atoms with Gasteiger partial charge in [-0.3, -0.25) is 4.90 Å². The van der Waals surface area contributed by atoms with Crippen molar-refractivity contribution < 1.29 is 4.74 Å². The zero-order chi connectivity index (χ0) is 11.3. The number of rotatable bonds is 5. The van der Waals surface area contributed by atoms with Gasteiger partial charge in [0.05, 0.1) is 6.61 Å². The fourth-order valence-corrected chi connectivity index (χ4v) is 2.25. The molecule has 1 rings (SSSR count). The van der Waals surface area contributed by atoms with Gasteiger partial charge in [0.2, 0.25) is 0 Å². The van der Waals surface area contributed by atoms with Crippen LogP contribution in [0.2, 0.25) is 0 Å². The summed E-state index contributed by atoms with van der Waals surface area (Å²) in [6.45, 7) is 7.51. The lowest BCUT2D eigenvalue weighted by Crippen LogP contribution is -2.54. The number of ether oxygens (including phenoxy) is 1. The molecule has 3 heteroatoms. The van der Waals surface area contributed by atoms with Crippen molar-refractivity contribution in [2.75, 3.05) is 33.9 Å². The van der Waals surface area contributed by atoms with E-state index in [1.807, 2.05) is 0 Å². The molecule has 0 aromatic carbocycles. The van der Waals surface area contributed by atoms with E-state index in [0.717, 1.165) is 25.6 Å². The molecule has 1 heterocycles. The molecule has 15 heavy (non-hydrogen) atoms. The van der Waals surface area contributed by atoms with E-state index in [0.29, 0.717) is 12.1 Å². The first-order valence-electron chi connectivity index (χ1n) is 6.14. The van der Waals surface area contributed by atoms with Crippen LogP contribution >= 0.6 is 0 Å². The third kappa shape index (κ3) is 3.74. The molecule has 0 spiro atoms. The fraction of sp³-hybridized carbons (Fsp3) is 1.00. The van der Waals surface area contributed by atoms with Gasteiger partial charge in [0.1, 0.15) is 0 Å². The van der Waals surface area contributed by atoms with Crippen molar-refractivity contribution in [2.24, 2.45) is 5.92 Å². The molecule has 3 unspecified atom stereocenters. The lowest BCUT2D eigenvalue weighted by molar-refractivity contribution is 0.00379. The molecule has 0 radical (unpaired) electrons. The maximum atomic E-state index is 5.57. The van der Waals surface area contributed by atoms with Gasteiger partial charge in [-0.25, -0.2) is 0 Å². The second-order valence-electron chi connectivity index (χ2n) is 4.78. The largest absolute Gasteiger partial charge is 0.380 e. The van der Waals surface area contributed by atoms with Gasteiger partial charge in [-0.2, -0.15) is 0 Å². The van der Waals surface area contributed by atoms with Crippen LogP contribution in [-0.2, 0) is 4.74 Å². The van der Waals surface area contributed by atoms with Gasteiger partial charge >= 0.3 is 0 Å². The summed E-state index contributed by atoms with van der Waals surface area (Å²) in [6.07, 6.45) is 2.38. The van der Waals surface area contributed by atoms with E-state index in [4.69, 9.17) is 4.74 Å². The average molecular weight is 214 g/mol. The highest BCUT2D eigenvalue weighted by Crippen LogP contribution is 2.15. The monoisotopic (exact) mass is 214 g/mol. The van der Waals surface area contributed by atoms with Crippen LogP contribution in [0.3, 0.4) is 0 Å². The minimum absolute atomic E-state index is 0.540. The summed E-state index contributed by atoms with van der Waals surface area (Å²) in [5.41, 5.74) is 0. The van der Waals surface area contributed by atoms with Crippen LogP contribution in [0.1, 0.15) is 26.7 Å². The van der Waals surface area contributed by atoms with Crippen LogP contribution in [-0.4, -0.2) is 50.8 Å². The van der Waals surface area contributed by atoms with E-state index >= 15 is 0 Å². The first-order chi connectivity index (χ1) is 7.19. The Morgan fingerprint density at radius 2 is 2.27 bits per heavy atom. The normalized spacial score (nSPS) is 29.4. The number of nitrogens with one attached hydrogen (secondary N) is 1. The van der Waals surface area contributed by atoms with Crippen molar-refractivity contribution in [2.45, 2.75) is 38.8 Å². The van der Waals surface area contributed by atoms with Crippen LogP contribution in [0, 0.1) is 5.92 Å². The molecule has 1 saturated heterocycles. The van der Waals surface area contributed by atoms with E-state index in [1.165, 1.54) is 13.0 Å². The fourth-order valence-electron chi connectivity index (χ4n) is 2.25. The molecule has 1 fully saturated rings. The first-order valence-corrected chi connectivity index (χ1v) is 6.14. The van der Waals surface area contributed by atoms with Crippen LogP contribution < -0.4 is 5.32 Å². The number of likely N-dealkylation sites (N-methyl/N-ethyl adjacent to an activating group) is 2. The Bertz CT molecular complexity index is 175. The molecule has 1 aliphatic heterocycles. The number of nitrogens with zero attached hydrogens (tertiary/aromatic N) is 1. The Labute approximate surface area is 94.2 Å². The van der Waals surface area contributed by atoms with Gasteiger partial charge in [-0.1, -0.05) is 20.3 Å². The first kappa shape index (κ1) is 12.9. The predicted octanol–water partition coefficient (Wildman–Crippen LogP) is 1.34. The van der Waals surface area contributed by atoms with Gasteiger partial charge in [-0.15, -0.1) is 0 Å². The molecule has 1 aliphatic rings. The highest BCUT2D eigenvalue weighted by atomic mass is 16.5. The van der Waals surface area contributed by atoms with Crippen molar-refractivity contribution in [1.82, 2.24) is 10.2 Å². The molecular weight excluding hydrogens is 188 g/mol. The lowest BCUT2D eigenvalue weighted by atomic mass is 10.0. The highest BCUT2D eigenvalue weighted by molar-refractivity contribution is 4.85. The predicted molar refractivity (Wildman–Crippen MR) is 64.2 cm³/mol. The van der Waals surface area contributed by atoms with Gasteiger partial charge in [-0.05, 0) is 26.4 Å². The van der Waals surface area contributed by atoms with Crippen LogP contribution in [0.15, 0.2) is 0 Å². The molecule has 0 aromatic rings. The highest BCUT2D eigenvalue weighted by Gasteiger charge is 2.28. The average Bonchev–Trinajstić information content (AvgIpc) is 2.28. The van der Waals surface area contributed by atoms with Gasteiger partial charge in [0, 0.05) is 25.2 Å². The van der Waals surface area contributed by atoms with Gasteiger partial charge in [0.15, 0.2) is 0 Å². The summed E-state index contributed by atoms with van der Waals surface area (Å²) in [7, 11) is 4.27. The van der Waals surface area contributed by atoms with Gasteiger partial charge in [0.25, 0.3) is 0 Å². The van der Waals surface area contributed by atoms with Crippen molar-refractivity contribution in [1.29, 1.82) is 0 Å². The molecule has 0 saturated carbocycles. The minimum atomic E-state index is 0.540. The third-order valence-corrected chi connectivity index (χ3v) is 3.56. The molecule has 3 nitrogen and oxygen atoms in total. The lowest BCUT2D eigenvalue weighted by Gasteiger charge is -2.38. The second kappa shape index (κ2) is 6.46. The maximum absolute atomic E-state index is 5.57. The quantitative estimate of drug-likeness (QED) is 0.747. The topological polar surface area (TPSA) is 24.5 Å². The summed E-state index contributed by atoms with van der Waals surface area (Å²) in [5, 5.41) is 3.40. The summed E-state index contributed by atoms with van der Waals surface area (Å²) >= 11 is 0. The van der Waals surface area contributed by atoms with E-state index < -0.39 is 0 Å². The van der Waals surface area contributed by atoms with Gasteiger partial charge < -0.3 is 10.1 Å². The smallest absolute Gasteiger partial charge is 0.0636 e. The second-order valence-corrected chi connectivity index (χ2v) is 4.78. The Morgan fingerprint density at radius 1 is 1.53 bits per heavy atom. The Kier molecular flexibility index (Phi) is 5.58. The molecule has 3 atom stereocenters. The third-order valence-electron chi connectivity index (χ3n) is 3.56. The van der Waals surface area contributed by atoms with E-state index in [1.54, 1.807) is 0 Å². The Balaban J connectivity index is 2.44. The Morgan fingerprint density at radius 3 is 2.87 bits per heavy atom. The molecule has 0 bridgehead atoms. The SMILES string of the molecule is CCC(C)CN(C)C1COCCC1NC. The zero-order valence-corrected chi connectivity index (χ0v) is 10.6. The molecule has 90 valence electrons. The maximum Gasteiger partial charge on any atom is 0.0636 e. The van der Waals surface area contributed by atoms with Crippen molar-refractivity contribution >= 4 is 0 Å². The summed E-state index contributed by atoms with van der Waals surface area (Å²) in [5.74, 6) is 0.773. The molecular formula is C12H26N2O. The van der Waals surface area contributed by atoms with Crippen molar-refractivity contribution in [3.63, 3.8) is 0 Å². The number of hydrogen-bond donors (Lipinski definition) is 1. The standard InChI is InChI=1S/C12H26N2O/c1-5-10(2)8-14(4)12-9-15-7-6-11(12)13-3/h10-13H,5-9H2,1-4H3. The molecule has 0 aliphatic carbocycles. The number of hydrogen-bond acceptors (Lipinski definition) is 3. The zero-order valence-electron chi connectivity index (χ0n) is 10.6. The summed E-state index contributed by atoms with van der Waals surface area (Å²) < 4.78 is 5.57. The van der Waals surface area contributed by atoms with E-state index in [-0.39, 0.29) is 0 Å².